The predicted octanol–water partition coefficient (Wildman–Crippen LogP) is 2.26. The smallest absolute Gasteiger partial charge is 0.280 e. The zero-order valence-electron chi connectivity index (χ0n) is 12.9. The fourth-order valence-electron chi connectivity index (χ4n) is 1.74. The Balaban J connectivity index is 1.93. The number of nitrogens with zero attached hydrogens (tertiary/aromatic N) is 3. The monoisotopic (exact) mass is 308 g/mol. The zero-order chi connectivity index (χ0) is 16.7. The maximum absolute atomic E-state index is 12.0. The summed E-state index contributed by atoms with van der Waals surface area (Å²) >= 11 is 0. The highest BCUT2D eigenvalue weighted by molar-refractivity contribution is 5.99. The maximum Gasteiger partial charge on any atom is 0.280 e. The molecule has 0 fully saturated rings. The van der Waals surface area contributed by atoms with Gasteiger partial charge < -0.3 is 4.74 Å². The highest BCUT2D eigenvalue weighted by Gasteiger charge is 2.14. The molecule has 0 spiro atoms. The second kappa shape index (κ2) is 7.71. The van der Waals surface area contributed by atoms with Crippen molar-refractivity contribution in [2.75, 3.05) is 0 Å². The third-order valence-electron chi connectivity index (χ3n) is 3.08. The van der Waals surface area contributed by atoms with Crippen molar-refractivity contribution < 1.29 is 9.53 Å². The first-order valence-corrected chi connectivity index (χ1v) is 7.01. The molecule has 6 nitrogen and oxygen atoms in total. The highest BCUT2D eigenvalue weighted by Crippen LogP contribution is 2.13. The number of aromatic nitrogens is 1. The molecule has 0 aliphatic rings. The standard InChI is InChI=1S/C17H16N4O2/c1-12(15-4-3-9-19-11-15)20-21-17(22)13(2)23-16-7-5-14(10-18)6-8-16/h3-9,11,13H,1-2H3,(H,21,22). The van der Waals surface area contributed by atoms with Crippen molar-refractivity contribution >= 4 is 11.6 Å². The lowest BCUT2D eigenvalue weighted by Crippen LogP contribution is -2.33. The number of hydrogen-bond acceptors (Lipinski definition) is 5. The minimum Gasteiger partial charge on any atom is -0.481 e. The highest BCUT2D eigenvalue weighted by atomic mass is 16.5. The fraction of sp³-hybridized carbons (Fsp3) is 0.176. The molecule has 1 unspecified atom stereocenters. The molecule has 0 radical (unpaired) electrons. The van der Waals surface area contributed by atoms with E-state index in [0.29, 0.717) is 17.0 Å². The first kappa shape index (κ1) is 16.2. The van der Waals surface area contributed by atoms with Crippen LogP contribution in [-0.4, -0.2) is 22.7 Å². The molecule has 1 N–H and O–H groups in total. The Hall–Kier alpha value is -3.20. The van der Waals surface area contributed by atoms with E-state index in [0.717, 1.165) is 5.56 Å². The number of carbonyl (C=O) groups is 1. The number of rotatable bonds is 5. The Morgan fingerprint density at radius 3 is 2.70 bits per heavy atom. The summed E-state index contributed by atoms with van der Waals surface area (Å²) in [5.74, 6) is 0.150. The predicted molar refractivity (Wildman–Crippen MR) is 85.8 cm³/mol. The van der Waals surface area contributed by atoms with Crippen molar-refractivity contribution in [2.24, 2.45) is 5.10 Å². The summed E-state index contributed by atoms with van der Waals surface area (Å²) in [5.41, 5.74) is 4.48. The Morgan fingerprint density at radius 1 is 1.35 bits per heavy atom. The van der Waals surface area contributed by atoms with Gasteiger partial charge in [0.05, 0.1) is 17.3 Å². The SMILES string of the molecule is CC(=NNC(=O)C(C)Oc1ccc(C#N)cc1)c1cccnc1. The molecule has 0 aliphatic carbocycles. The average molecular weight is 308 g/mol. The Bertz CT molecular complexity index is 733. The van der Waals surface area contributed by atoms with Gasteiger partial charge in [0.2, 0.25) is 0 Å². The average Bonchev–Trinajstić information content (AvgIpc) is 2.60. The minimum atomic E-state index is -0.714. The van der Waals surface area contributed by atoms with Gasteiger partial charge in [-0.05, 0) is 44.2 Å². The molecule has 0 aliphatic heterocycles. The van der Waals surface area contributed by atoms with Crippen LogP contribution in [0.3, 0.4) is 0 Å². The molecular weight excluding hydrogens is 292 g/mol. The molecule has 1 atom stereocenters. The van der Waals surface area contributed by atoms with Gasteiger partial charge in [-0.1, -0.05) is 6.07 Å². The van der Waals surface area contributed by atoms with Crippen molar-refractivity contribution in [3.8, 4) is 11.8 Å². The van der Waals surface area contributed by atoms with Crippen LogP contribution in [0.15, 0.2) is 53.9 Å². The van der Waals surface area contributed by atoms with Gasteiger partial charge in [0.25, 0.3) is 5.91 Å². The number of nitriles is 1. The van der Waals surface area contributed by atoms with E-state index in [9.17, 15) is 4.79 Å². The number of hydrogen-bond donors (Lipinski definition) is 1. The number of benzene rings is 1. The van der Waals surface area contributed by atoms with Crippen molar-refractivity contribution in [2.45, 2.75) is 20.0 Å². The molecule has 6 heteroatoms. The summed E-state index contributed by atoms with van der Waals surface area (Å²) in [7, 11) is 0. The number of carbonyl (C=O) groups excluding carboxylic acids is 1. The van der Waals surface area contributed by atoms with Crippen LogP contribution < -0.4 is 10.2 Å². The van der Waals surface area contributed by atoms with E-state index >= 15 is 0 Å². The maximum atomic E-state index is 12.0. The summed E-state index contributed by atoms with van der Waals surface area (Å²) in [4.78, 5) is 16.0. The summed E-state index contributed by atoms with van der Waals surface area (Å²) in [6.07, 6.45) is 2.62. The summed E-state index contributed by atoms with van der Waals surface area (Å²) in [5, 5.41) is 12.8. The van der Waals surface area contributed by atoms with Crippen LogP contribution >= 0.6 is 0 Å². The Labute approximate surface area is 134 Å². The van der Waals surface area contributed by atoms with Crippen molar-refractivity contribution in [1.82, 2.24) is 10.4 Å². The summed E-state index contributed by atoms with van der Waals surface area (Å²) in [6.45, 7) is 3.41. The van der Waals surface area contributed by atoms with Crippen molar-refractivity contribution in [1.29, 1.82) is 5.26 Å². The second-order valence-corrected chi connectivity index (χ2v) is 4.81. The Morgan fingerprint density at radius 2 is 2.09 bits per heavy atom. The van der Waals surface area contributed by atoms with Crippen LogP contribution in [0.1, 0.15) is 25.0 Å². The van der Waals surface area contributed by atoms with Gasteiger partial charge in [0.1, 0.15) is 5.75 Å². The topological polar surface area (TPSA) is 87.4 Å². The van der Waals surface area contributed by atoms with Crippen molar-refractivity contribution in [3.63, 3.8) is 0 Å². The van der Waals surface area contributed by atoms with Gasteiger partial charge >= 0.3 is 0 Å². The summed E-state index contributed by atoms with van der Waals surface area (Å²) < 4.78 is 5.51. The van der Waals surface area contributed by atoms with Crippen LogP contribution in [0.5, 0.6) is 5.75 Å². The van der Waals surface area contributed by atoms with Crippen LogP contribution in [0.2, 0.25) is 0 Å². The summed E-state index contributed by atoms with van der Waals surface area (Å²) in [6, 6.07) is 12.2. The molecule has 2 rings (SSSR count). The molecule has 0 saturated heterocycles. The van der Waals surface area contributed by atoms with Crippen LogP contribution in [-0.2, 0) is 4.79 Å². The van der Waals surface area contributed by atoms with Gasteiger partial charge in [-0.15, -0.1) is 0 Å². The molecule has 1 aromatic heterocycles. The number of amides is 1. The van der Waals surface area contributed by atoms with Gasteiger partial charge in [0, 0.05) is 18.0 Å². The lowest BCUT2D eigenvalue weighted by Gasteiger charge is -2.13. The van der Waals surface area contributed by atoms with Gasteiger partial charge in [-0.3, -0.25) is 9.78 Å². The molecule has 0 saturated carbocycles. The van der Waals surface area contributed by atoms with Crippen LogP contribution in [0.25, 0.3) is 0 Å². The number of pyridine rings is 1. The van der Waals surface area contributed by atoms with Crippen LogP contribution in [0, 0.1) is 11.3 Å². The number of hydrazone groups is 1. The third kappa shape index (κ3) is 4.64. The largest absolute Gasteiger partial charge is 0.481 e. The van der Waals surface area contributed by atoms with E-state index in [4.69, 9.17) is 10.00 Å². The van der Waals surface area contributed by atoms with Gasteiger partial charge in [0.15, 0.2) is 6.10 Å². The van der Waals surface area contributed by atoms with E-state index in [-0.39, 0.29) is 5.91 Å². The molecule has 116 valence electrons. The van der Waals surface area contributed by atoms with Gasteiger partial charge in [-0.2, -0.15) is 10.4 Å². The second-order valence-electron chi connectivity index (χ2n) is 4.81. The molecule has 1 heterocycles. The molecule has 23 heavy (non-hydrogen) atoms. The quantitative estimate of drug-likeness (QED) is 0.678. The molecule has 0 bridgehead atoms. The molecule has 2 aromatic rings. The molecular formula is C17H16N4O2. The third-order valence-corrected chi connectivity index (χ3v) is 3.08. The Kier molecular flexibility index (Phi) is 5.42. The molecule has 1 aromatic carbocycles. The lowest BCUT2D eigenvalue weighted by atomic mass is 10.2. The lowest BCUT2D eigenvalue weighted by molar-refractivity contribution is -0.127. The fourth-order valence-corrected chi connectivity index (χ4v) is 1.74. The van der Waals surface area contributed by atoms with E-state index in [2.05, 4.69) is 15.5 Å². The van der Waals surface area contributed by atoms with E-state index in [1.54, 1.807) is 56.6 Å². The first-order valence-electron chi connectivity index (χ1n) is 7.01. The number of nitrogens with one attached hydrogen (secondary N) is 1. The van der Waals surface area contributed by atoms with E-state index in [1.807, 2.05) is 12.1 Å². The van der Waals surface area contributed by atoms with Crippen LogP contribution in [0.4, 0.5) is 0 Å². The van der Waals surface area contributed by atoms with E-state index < -0.39 is 6.10 Å². The normalized spacial score (nSPS) is 12.1. The minimum absolute atomic E-state index is 0.363. The molecule has 1 amide bonds. The van der Waals surface area contributed by atoms with Gasteiger partial charge in [-0.25, -0.2) is 5.43 Å². The van der Waals surface area contributed by atoms with E-state index in [1.165, 1.54) is 0 Å². The zero-order valence-corrected chi connectivity index (χ0v) is 12.9. The number of ether oxygens (including phenoxy) is 1. The van der Waals surface area contributed by atoms with Crippen molar-refractivity contribution in [3.05, 3.63) is 59.9 Å². The first-order chi connectivity index (χ1) is 11.1.